The van der Waals surface area contributed by atoms with Crippen LogP contribution in [0.2, 0.25) is 0 Å². The Morgan fingerprint density at radius 1 is 1.32 bits per heavy atom. The van der Waals surface area contributed by atoms with E-state index >= 15 is 0 Å². The molecule has 1 atom stereocenters. The van der Waals surface area contributed by atoms with Gasteiger partial charge in [0.1, 0.15) is 0 Å². The van der Waals surface area contributed by atoms with E-state index in [1.807, 2.05) is 0 Å². The number of rotatable bonds is 3. The Kier molecular flexibility index (Phi) is 4.62. The first-order valence-electron chi connectivity index (χ1n) is 7.43. The predicted molar refractivity (Wildman–Crippen MR) is 79.3 cm³/mol. The Labute approximate surface area is 116 Å². The van der Waals surface area contributed by atoms with Crippen molar-refractivity contribution in [1.82, 2.24) is 4.90 Å². The molecule has 1 saturated heterocycles. The molecule has 1 amide bonds. The number of benzene rings is 1. The molecule has 2 rings (SSSR count). The van der Waals surface area contributed by atoms with E-state index in [9.17, 15) is 4.79 Å². The second kappa shape index (κ2) is 6.23. The average Bonchev–Trinajstić information content (AvgIpc) is 2.38. The van der Waals surface area contributed by atoms with Gasteiger partial charge in [0.25, 0.3) is 0 Å². The van der Waals surface area contributed by atoms with E-state index in [1.165, 1.54) is 29.5 Å². The van der Waals surface area contributed by atoms with Crippen LogP contribution in [0.4, 0.5) is 0 Å². The zero-order valence-electron chi connectivity index (χ0n) is 12.4. The highest BCUT2D eigenvalue weighted by atomic mass is 16.2. The molecule has 0 spiro atoms. The fourth-order valence-electron chi connectivity index (χ4n) is 2.98. The molecule has 1 heterocycles. The van der Waals surface area contributed by atoms with Crippen molar-refractivity contribution < 1.29 is 4.79 Å². The Morgan fingerprint density at radius 3 is 2.79 bits per heavy atom. The number of aryl methyl sites for hydroxylation is 3. The molecule has 104 valence electrons. The van der Waals surface area contributed by atoms with Gasteiger partial charge in [0, 0.05) is 19.0 Å². The maximum Gasteiger partial charge on any atom is 0.223 e. The lowest BCUT2D eigenvalue weighted by Crippen LogP contribution is -2.42. The number of nitrogens with zero attached hydrogens (tertiary/aromatic N) is 1. The molecule has 1 aromatic carbocycles. The highest BCUT2D eigenvalue weighted by molar-refractivity contribution is 5.77. The molecule has 19 heavy (non-hydrogen) atoms. The molecule has 1 aliphatic heterocycles. The van der Waals surface area contributed by atoms with Gasteiger partial charge < -0.3 is 4.90 Å². The number of hydrogen-bond donors (Lipinski definition) is 0. The molecule has 2 heteroatoms. The first-order chi connectivity index (χ1) is 9.08. The lowest BCUT2D eigenvalue weighted by atomic mass is 9.99. The van der Waals surface area contributed by atoms with Crippen LogP contribution in [-0.4, -0.2) is 23.4 Å². The van der Waals surface area contributed by atoms with Gasteiger partial charge in [-0.2, -0.15) is 0 Å². The monoisotopic (exact) mass is 259 g/mol. The van der Waals surface area contributed by atoms with Crippen molar-refractivity contribution in [3.63, 3.8) is 0 Å². The molecule has 0 aromatic heterocycles. The summed E-state index contributed by atoms with van der Waals surface area (Å²) in [6.07, 6.45) is 5.11. The molecule has 0 aliphatic carbocycles. The lowest BCUT2D eigenvalue weighted by molar-refractivity contribution is -0.134. The fraction of sp³-hybridized carbons (Fsp3) is 0.588. The summed E-state index contributed by atoms with van der Waals surface area (Å²) in [7, 11) is 0. The largest absolute Gasteiger partial charge is 0.340 e. The van der Waals surface area contributed by atoms with Gasteiger partial charge in [-0.05, 0) is 57.6 Å². The van der Waals surface area contributed by atoms with E-state index in [1.54, 1.807) is 0 Å². The van der Waals surface area contributed by atoms with Crippen LogP contribution >= 0.6 is 0 Å². The quantitative estimate of drug-likeness (QED) is 0.811. The third-order valence-electron chi connectivity index (χ3n) is 4.23. The highest BCUT2D eigenvalue weighted by Gasteiger charge is 2.22. The molecule has 0 N–H and O–H groups in total. The summed E-state index contributed by atoms with van der Waals surface area (Å²) in [6.45, 7) is 7.37. The van der Waals surface area contributed by atoms with Crippen molar-refractivity contribution in [3.8, 4) is 0 Å². The van der Waals surface area contributed by atoms with Crippen LogP contribution < -0.4 is 0 Å². The van der Waals surface area contributed by atoms with E-state index < -0.39 is 0 Å². The first kappa shape index (κ1) is 14.1. The van der Waals surface area contributed by atoms with Crippen LogP contribution in [0.15, 0.2) is 18.2 Å². The summed E-state index contributed by atoms with van der Waals surface area (Å²) in [6, 6.07) is 6.93. The minimum atomic E-state index is 0.326. The van der Waals surface area contributed by atoms with E-state index in [0.29, 0.717) is 18.4 Å². The molecule has 1 unspecified atom stereocenters. The second-order valence-corrected chi connectivity index (χ2v) is 5.86. The standard InChI is InChI=1S/C17H25NO/c1-13-7-8-16(14(2)12-13)9-10-17(19)18-11-5-4-6-15(18)3/h7-8,12,15H,4-6,9-11H2,1-3H3. The summed E-state index contributed by atoms with van der Waals surface area (Å²) in [5.41, 5.74) is 3.90. The van der Waals surface area contributed by atoms with Gasteiger partial charge in [0.15, 0.2) is 0 Å². The Hall–Kier alpha value is -1.31. The first-order valence-corrected chi connectivity index (χ1v) is 7.43. The van der Waals surface area contributed by atoms with Gasteiger partial charge in [-0.3, -0.25) is 4.79 Å². The molecule has 1 fully saturated rings. The van der Waals surface area contributed by atoms with E-state index in [0.717, 1.165) is 19.4 Å². The van der Waals surface area contributed by atoms with Crippen LogP contribution in [0, 0.1) is 13.8 Å². The van der Waals surface area contributed by atoms with Crippen molar-refractivity contribution in [1.29, 1.82) is 0 Å². The normalized spacial score (nSPS) is 19.5. The second-order valence-electron chi connectivity index (χ2n) is 5.86. The molecular weight excluding hydrogens is 234 g/mol. The van der Waals surface area contributed by atoms with Crippen LogP contribution in [0.25, 0.3) is 0 Å². The summed E-state index contributed by atoms with van der Waals surface area (Å²) >= 11 is 0. The zero-order valence-corrected chi connectivity index (χ0v) is 12.4. The van der Waals surface area contributed by atoms with Crippen molar-refractivity contribution in [2.45, 2.75) is 58.9 Å². The zero-order chi connectivity index (χ0) is 13.8. The number of hydrogen-bond acceptors (Lipinski definition) is 1. The van der Waals surface area contributed by atoms with Gasteiger partial charge in [-0.15, -0.1) is 0 Å². The maximum absolute atomic E-state index is 12.3. The van der Waals surface area contributed by atoms with Gasteiger partial charge >= 0.3 is 0 Å². The van der Waals surface area contributed by atoms with Gasteiger partial charge in [-0.1, -0.05) is 23.8 Å². The number of carbonyl (C=O) groups is 1. The molecule has 0 radical (unpaired) electrons. The average molecular weight is 259 g/mol. The van der Waals surface area contributed by atoms with Crippen LogP contribution in [0.5, 0.6) is 0 Å². The SMILES string of the molecule is Cc1ccc(CCC(=O)N2CCCCC2C)c(C)c1. The van der Waals surface area contributed by atoms with E-state index in [4.69, 9.17) is 0 Å². The van der Waals surface area contributed by atoms with Crippen molar-refractivity contribution >= 4 is 5.91 Å². The van der Waals surface area contributed by atoms with Crippen molar-refractivity contribution in [3.05, 3.63) is 34.9 Å². The molecule has 2 nitrogen and oxygen atoms in total. The molecule has 1 aliphatic rings. The third kappa shape index (κ3) is 3.59. The number of likely N-dealkylation sites (tertiary alicyclic amines) is 1. The van der Waals surface area contributed by atoms with E-state index in [2.05, 4.69) is 43.9 Å². The lowest BCUT2D eigenvalue weighted by Gasteiger charge is -2.33. The summed E-state index contributed by atoms with van der Waals surface area (Å²) in [5, 5.41) is 0. The molecule has 0 bridgehead atoms. The summed E-state index contributed by atoms with van der Waals surface area (Å²) in [5.74, 6) is 0.326. The van der Waals surface area contributed by atoms with Crippen LogP contribution in [0.3, 0.4) is 0 Å². The van der Waals surface area contributed by atoms with E-state index in [-0.39, 0.29) is 0 Å². The summed E-state index contributed by atoms with van der Waals surface area (Å²) < 4.78 is 0. The van der Waals surface area contributed by atoms with Gasteiger partial charge in [-0.25, -0.2) is 0 Å². The Morgan fingerprint density at radius 2 is 2.11 bits per heavy atom. The Balaban J connectivity index is 1.92. The van der Waals surface area contributed by atoms with Crippen LogP contribution in [0.1, 0.15) is 49.3 Å². The van der Waals surface area contributed by atoms with Crippen LogP contribution in [-0.2, 0) is 11.2 Å². The van der Waals surface area contributed by atoms with Crippen molar-refractivity contribution in [2.24, 2.45) is 0 Å². The molecule has 1 aromatic rings. The Bertz CT molecular complexity index is 453. The number of carbonyl (C=O) groups excluding carboxylic acids is 1. The molecule has 0 saturated carbocycles. The van der Waals surface area contributed by atoms with Gasteiger partial charge in [0.2, 0.25) is 5.91 Å². The predicted octanol–water partition coefficient (Wildman–Crippen LogP) is 3.64. The highest BCUT2D eigenvalue weighted by Crippen LogP contribution is 2.19. The van der Waals surface area contributed by atoms with Crippen molar-refractivity contribution in [2.75, 3.05) is 6.54 Å². The maximum atomic E-state index is 12.3. The third-order valence-corrected chi connectivity index (χ3v) is 4.23. The minimum absolute atomic E-state index is 0.326. The van der Waals surface area contributed by atoms with Gasteiger partial charge in [0.05, 0.1) is 0 Å². The topological polar surface area (TPSA) is 20.3 Å². The smallest absolute Gasteiger partial charge is 0.223 e. The number of amides is 1. The minimum Gasteiger partial charge on any atom is -0.340 e. The summed E-state index contributed by atoms with van der Waals surface area (Å²) in [4.78, 5) is 14.4. The molecular formula is C17H25NO. The number of piperidine rings is 1. The fourth-order valence-corrected chi connectivity index (χ4v) is 2.98.